The molecule has 0 aliphatic carbocycles. The van der Waals surface area contributed by atoms with Crippen LogP contribution < -0.4 is 10.3 Å². The molecule has 3 aliphatic heterocycles. The van der Waals surface area contributed by atoms with Crippen LogP contribution in [0.25, 0.3) is 11.0 Å². The summed E-state index contributed by atoms with van der Waals surface area (Å²) in [6.45, 7) is 2.93. The molecular formula is C25H21FN2O5. The van der Waals surface area contributed by atoms with Crippen molar-refractivity contribution in [2.75, 3.05) is 24.6 Å². The highest BCUT2D eigenvalue weighted by molar-refractivity contribution is 6.17. The predicted molar refractivity (Wildman–Crippen MR) is 118 cm³/mol. The lowest BCUT2D eigenvalue weighted by Gasteiger charge is -2.35. The van der Waals surface area contributed by atoms with Crippen LogP contribution in [0.3, 0.4) is 0 Å². The average Bonchev–Trinajstić information content (AvgIpc) is 3.48. The zero-order chi connectivity index (χ0) is 22.9. The van der Waals surface area contributed by atoms with Gasteiger partial charge in [0.25, 0.3) is 11.8 Å². The van der Waals surface area contributed by atoms with E-state index < -0.39 is 22.7 Å². The number of benzene rings is 2. The molecule has 0 radical (unpaired) electrons. The van der Waals surface area contributed by atoms with Crippen LogP contribution in [0.4, 0.5) is 10.1 Å². The molecule has 1 fully saturated rings. The number of ether oxygens (including phenoxy) is 1. The molecule has 0 bridgehead atoms. The molecule has 2 aromatic carbocycles. The van der Waals surface area contributed by atoms with Gasteiger partial charge in [-0.15, -0.1) is 0 Å². The second-order valence-electron chi connectivity index (χ2n) is 8.60. The molecule has 1 spiro atoms. The molecule has 2 unspecified atom stereocenters. The minimum Gasteiger partial charge on any atom is -0.450 e. The maximum atomic E-state index is 14.1. The van der Waals surface area contributed by atoms with Crippen molar-refractivity contribution in [1.82, 2.24) is 4.90 Å². The highest BCUT2D eigenvalue weighted by atomic mass is 19.1. The third-order valence-electron chi connectivity index (χ3n) is 6.92. The summed E-state index contributed by atoms with van der Waals surface area (Å²) >= 11 is 0. The molecule has 1 saturated heterocycles. The van der Waals surface area contributed by atoms with E-state index in [1.165, 1.54) is 17.0 Å². The highest BCUT2D eigenvalue weighted by Gasteiger charge is 2.65. The molecule has 4 heterocycles. The fourth-order valence-electron chi connectivity index (χ4n) is 5.52. The molecule has 168 valence electrons. The van der Waals surface area contributed by atoms with Crippen LogP contribution in [-0.4, -0.2) is 42.5 Å². The molecule has 6 rings (SSSR count). The number of likely N-dealkylation sites (N-methyl/N-ethyl adjacent to an activating group) is 1. The van der Waals surface area contributed by atoms with Crippen molar-refractivity contribution in [3.05, 3.63) is 75.4 Å². The first-order valence-corrected chi connectivity index (χ1v) is 11.1. The molecular weight excluding hydrogens is 427 g/mol. The summed E-state index contributed by atoms with van der Waals surface area (Å²) in [4.78, 5) is 44.7. The molecule has 1 aromatic heterocycles. The first-order valence-electron chi connectivity index (χ1n) is 11.1. The zero-order valence-corrected chi connectivity index (χ0v) is 18.0. The van der Waals surface area contributed by atoms with Gasteiger partial charge < -0.3 is 19.0 Å². The van der Waals surface area contributed by atoms with E-state index in [0.717, 1.165) is 18.9 Å². The van der Waals surface area contributed by atoms with Gasteiger partial charge in [-0.05, 0) is 44.0 Å². The monoisotopic (exact) mass is 448 g/mol. The quantitative estimate of drug-likeness (QED) is 0.615. The summed E-state index contributed by atoms with van der Waals surface area (Å²) in [6, 6.07) is 10.8. The van der Waals surface area contributed by atoms with E-state index in [4.69, 9.17) is 9.15 Å². The summed E-state index contributed by atoms with van der Waals surface area (Å²) in [5.74, 6) is -1.69. The first kappa shape index (κ1) is 20.1. The number of nitrogens with zero attached hydrogens (tertiary/aromatic N) is 2. The summed E-state index contributed by atoms with van der Waals surface area (Å²) in [7, 11) is 0. The third kappa shape index (κ3) is 2.49. The van der Waals surface area contributed by atoms with Crippen molar-refractivity contribution < 1.29 is 23.1 Å². The van der Waals surface area contributed by atoms with E-state index in [1.807, 2.05) is 13.0 Å². The van der Waals surface area contributed by atoms with Crippen LogP contribution in [0.1, 0.15) is 41.4 Å². The Balaban J connectivity index is 1.70. The topological polar surface area (TPSA) is 80.1 Å². The van der Waals surface area contributed by atoms with Gasteiger partial charge in [-0.3, -0.25) is 14.4 Å². The molecule has 7 nitrogen and oxygen atoms in total. The number of halogens is 1. The standard InChI is InChI=1S/C25H21FN2O5/c1-2-27-18-8-4-3-7-17(18)25(24(27)31)20-21(29)16-12-14(26)9-10-19(16)33-22(20)23(30)28(25)13-15-6-5-11-32-15/h3-4,7-10,12,15H,2,5-6,11,13H2,1H3. The van der Waals surface area contributed by atoms with E-state index in [0.29, 0.717) is 24.4 Å². The van der Waals surface area contributed by atoms with Crippen molar-refractivity contribution in [3.8, 4) is 0 Å². The number of para-hydroxylation sites is 1. The lowest BCUT2D eigenvalue weighted by atomic mass is 9.83. The Hall–Kier alpha value is -3.52. The van der Waals surface area contributed by atoms with Crippen LogP contribution >= 0.6 is 0 Å². The number of amides is 2. The minimum absolute atomic E-state index is 0.000112. The Labute approximate surface area is 188 Å². The van der Waals surface area contributed by atoms with Crippen molar-refractivity contribution in [2.24, 2.45) is 0 Å². The average molecular weight is 448 g/mol. The third-order valence-corrected chi connectivity index (χ3v) is 6.92. The van der Waals surface area contributed by atoms with E-state index in [2.05, 4.69) is 0 Å². The fourth-order valence-corrected chi connectivity index (χ4v) is 5.52. The number of hydrogen-bond donors (Lipinski definition) is 0. The summed E-state index contributed by atoms with van der Waals surface area (Å²) in [5.41, 5.74) is -1.00. The van der Waals surface area contributed by atoms with Crippen molar-refractivity contribution >= 4 is 28.5 Å². The van der Waals surface area contributed by atoms with Gasteiger partial charge in [0.2, 0.25) is 5.76 Å². The van der Waals surface area contributed by atoms with E-state index >= 15 is 0 Å². The van der Waals surface area contributed by atoms with Crippen LogP contribution in [0.2, 0.25) is 0 Å². The Morgan fingerprint density at radius 3 is 2.73 bits per heavy atom. The summed E-state index contributed by atoms with van der Waals surface area (Å²) in [6.07, 6.45) is 1.36. The maximum Gasteiger partial charge on any atom is 0.291 e. The number of carbonyl (C=O) groups is 2. The maximum absolute atomic E-state index is 14.1. The first-order chi connectivity index (χ1) is 16.0. The van der Waals surface area contributed by atoms with Gasteiger partial charge in [-0.1, -0.05) is 18.2 Å². The van der Waals surface area contributed by atoms with Gasteiger partial charge in [0.15, 0.2) is 11.0 Å². The molecule has 3 aromatic rings. The largest absolute Gasteiger partial charge is 0.450 e. The predicted octanol–water partition coefficient (Wildman–Crippen LogP) is 3.18. The SMILES string of the molecule is CCN1C(=O)C2(c3ccccc31)c1c(oc3ccc(F)cc3c1=O)C(=O)N2CC1CCCO1. The molecule has 0 saturated carbocycles. The Kier molecular flexibility index (Phi) is 4.26. The fraction of sp³-hybridized carbons (Fsp3) is 0.320. The normalized spacial score (nSPS) is 23.8. The Morgan fingerprint density at radius 1 is 1.15 bits per heavy atom. The smallest absolute Gasteiger partial charge is 0.291 e. The van der Waals surface area contributed by atoms with Crippen LogP contribution in [0.15, 0.2) is 51.7 Å². The van der Waals surface area contributed by atoms with Crippen LogP contribution in [-0.2, 0) is 15.1 Å². The summed E-state index contributed by atoms with van der Waals surface area (Å²) in [5, 5.41) is 0.000112. The Morgan fingerprint density at radius 2 is 1.97 bits per heavy atom. The lowest BCUT2D eigenvalue weighted by Crippen LogP contribution is -2.55. The van der Waals surface area contributed by atoms with Gasteiger partial charge in [0, 0.05) is 25.3 Å². The van der Waals surface area contributed by atoms with Crippen LogP contribution in [0.5, 0.6) is 0 Å². The van der Waals surface area contributed by atoms with Gasteiger partial charge in [0.05, 0.1) is 22.7 Å². The van der Waals surface area contributed by atoms with Crippen LogP contribution in [0, 0.1) is 5.82 Å². The number of anilines is 1. The number of rotatable bonds is 3. The highest BCUT2D eigenvalue weighted by Crippen LogP contribution is 2.52. The van der Waals surface area contributed by atoms with Crippen molar-refractivity contribution in [3.63, 3.8) is 0 Å². The van der Waals surface area contributed by atoms with E-state index in [9.17, 15) is 18.8 Å². The second-order valence-corrected chi connectivity index (χ2v) is 8.60. The number of hydrogen-bond acceptors (Lipinski definition) is 5. The minimum atomic E-state index is -1.67. The molecule has 33 heavy (non-hydrogen) atoms. The van der Waals surface area contributed by atoms with E-state index in [1.54, 1.807) is 23.1 Å². The Bertz CT molecular complexity index is 1390. The number of carbonyl (C=O) groups excluding carboxylic acids is 2. The molecule has 8 heteroatoms. The van der Waals surface area contributed by atoms with Gasteiger partial charge in [-0.25, -0.2) is 4.39 Å². The number of fused-ring (bicyclic) bond motifs is 5. The van der Waals surface area contributed by atoms with Gasteiger partial charge >= 0.3 is 0 Å². The van der Waals surface area contributed by atoms with Crippen molar-refractivity contribution in [2.45, 2.75) is 31.4 Å². The molecule has 0 N–H and O–H groups in total. The summed E-state index contributed by atoms with van der Waals surface area (Å²) < 4.78 is 25.7. The van der Waals surface area contributed by atoms with E-state index in [-0.39, 0.29) is 40.8 Å². The van der Waals surface area contributed by atoms with Crippen molar-refractivity contribution in [1.29, 1.82) is 0 Å². The molecule has 2 amide bonds. The lowest BCUT2D eigenvalue weighted by molar-refractivity contribution is -0.126. The van der Waals surface area contributed by atoms with Gasteiger partial charge in [0.1, 0.15) is 11.4 Å². The van der Waals surface area contributed by atoms with Gasteiger partial charge in [-0.2, -0.15) is 0 Å². The molecule has 3 aliphatic rings. The second kappa shape index (κ2) is 6.99. The zero-order valence-electron chi connectivity index (χ0n) is 18.0. The molecule has 2 atom stereocenters.